The first-order chi connectivity index (χ1) is 10.8. The fraction of sp³-hybridized carbons (Fsp3) is 0.471. The minimum atomic E-state index is -0.700. The summed E-state index contributed by atoms with van der Waals surface area (Å²) >= 11 is 0. The number of benzene rings is 1. The summed E-state index contributed by atoms with van der Waals surface area (Å²) in [4.78, 5) is 12.2. The van der Waals surface area contributed by atoms with Crippen molar-refractivity contribution < 1.29 is 9.90 Å². The van der Waals surface area contributed by atoms with Gasteiger partial charge < -0.3 is 15.0 Å². The van der Waals surface area contributed by atoms with Crippen LogP contribution in [0, 0.1) is 0 Å². The molecule has 0 aliphatic carbocycles. The number of hydrogen-bond donors (Lipinski definition) is 2. The largest absolute Gasteiger partial charge is 0.390 e. The van der Waals surface area contributed by atoms with Gasteiger partial charge in [0.15, 0.2) is 0 Å². The average molecular weight is 316 g/mol. The molecule has 0 aliphatic rings. The molecule has 1 aromatic carbocycles. The molecule has 1 amide bonds. The lowest BCUT2D eigenvalue weighted by Crippen LogP contribution is -2.26. The van der Waals surface area contributed by atoms with Gasteiger partial charge in [-0.05, 0) is 44.4 Å². The van der Waals surface area contributed by atoms with Gasteiger partial charge in [-0.2, -0.15) is 0 Å². The van der Waals surface area contributed by atoms with Crippen LogP contribution in [0.25, 0.3) is 0 Å². The smallest absolute Gasteiger partial charge is 0.251 e. The van der Waals surface area contributed by atoms with Crippen molar-refractivity contribution in [3.63, 3.8) is 0 Å². The number of carbonyl (C=O) groups excluding carboxylic acids is 1. The highest BCUT2D eigenvalue weighted by atomic mass is 16.3. The van der Waals surface area contributed by atoms with Gasteiger partial charge >= 0.3 is 0 Å². The van der Waals surface area contributed by atoms with Gasteiger partial charge in [-0.3, -0.25) is 4.79 Å². The van der Waals surface area contributed by atoms with Crippen LogP contribution in [-0.2, 0) is 19.9 Å². The van der Waals surface area contributed by atoms with Gasteiger partial charge in [0.1, 0.15) is 12.2 Å². The summed E-state index contributed by atoms with van der Waals surface area (Å²) in [6.45, 7) is 4.09. The van der Waals surface area contributed by atoms with Crippen LogP contribution in [0.2, 0.25) is 0 Å². The van der Waals surface area contributed by atoms with Crippen LogP contribution in [0.3, 0.4) is 0 Å². The molecular formula is C17H24N4O2. The zero-order valence-electron chi connectivity index (χ0n) is 13.9. The van der Waals surface area contributed by atoms with E-state index in [9.17, 15) is 9.90 Å². The molecule has 1 aromatic heterocycles. The molecule has 0 spiro atoms. The SMILES string of the molecule is Cn1cnnc1CCNC(=O)c1cccc(CCC(C)(C)O)c1. The molecule has 6 nitrogen and oxygen atoms in total. The van der Waals surface area contributed by atoms with Gasteiger partial charge in [-0.15, -0.1) is 10.2 Å². The number of carbonyl (C=O) groups is 1. The van der Waals surface area contributed by atoms with Crippen LogP contribution in [0.1, 0.15) is 42.0 Å². The number of amides is 1. The lowest BCUT2D eigenvalue weighted by Gasteiger charge is -2.16. The van der Waals surface area contributed by atoms with Gasteiger partial charge in [-0.1, -0.05) is 12.1 Å². The molecule has 1 heterocycles. The zero-order valence-corrected chi connectivity index (χ0v) is 13.9. The topological polar surface area (TPSA) is 80.0 Å². The maximum Gasteiger partial charge on any atom is 0.251 e. The maximum atomic E-state index is 12.2. The van der Waals surface area contributed by atoms with Crippen LogP contribution in [0.4, 0.5) is 0 Å². The Morgan fingerprint density at radius 1 is 1.35 bits per heavy atom. The van der Waals surface area contributed by atoms with Crippen molar-refractivity contribution in [1.29, 1.82) is 0 Å². The summed E-state index contributed by atoms with van der Waals surface area (Å²) in [5.74, 6) is 0.738. The highest BCUT2D eigenvalue weighted by Crippen LogP contribution is 2.14. The lowest BCUT2D eigenvalue weighted by molar-refractivity contribution is 0.0714. The quantitative estimate of drug-likeness (QED) is 0.811. The van der Waals surface area contributed by atoms with Crippen molar-refractivity contribution in [1.82, 2.24) is 20.1 Å². The number of hydrogen-bond acceptors (Lipinski definition) is 4. The standard InChI is InChI=1S/C17H24N4O2/c1-17(2,23)9-7-13-5-4-6-14(11-13)16(22)18-10-8-15-20-19-12-21(15)3/h4-6,11-12,23H,7-10H2,1-3H3,(H,18,22). The van der Waals surface area contributed by atoms with Crippen molar-refractivity contribution in [2.24, 2.45) is 7.05 Å². The van der Waals surface area contributed by atoms with Crippen molar-refractivity contribution in [3.05, 3.63) is 47.5 Å². The Hall–Kier alpha value is -2.21. The molecule has 23 heavy (non-hydrogen) atoms. The number of aryl methyl sites for hydroxylation is 2. The molecule has 124 valence electrons. The Balaban J connectivity index is 1.88. The lowest BCUT2D eigenvalue weighted by atomic mass is 9.98. The second-order valence-corrected chi connectivity index (χ2v) is 6.38. The van der Waals surface area contributed by atoms with Crippen molar-refractivity contribution >= 4 is 5.91 Å². The molecule has 0 bridgehead atoms. The molecule has 0 saturated carbocycles. The van der Waals surface area contributed by atoms with Crippen molar-refractivity contribution in [2.75, 3.05) is 6.54 Å². The van der Waals surface area contributed by atoms with Crippen LogP contribution >= 0.6 is 0 Å². The fourth-order valence-corrected chi connectivity index (χ4v) is 2.24. The van der Waals surface area contributed by atoms with E-state index >= 15 is 0 Å². The number of aromatic nitrogens is 3. The van der Waals surface area contributed by atoms with E-state index < -0.39 is 5.60 Å². The van der Waals surface area contributed by atoms with E-state index in [-0.39, 0.29) is 5.91 Å². The van der Waals surface area contributed by atoms with Crippen LogP contribution in [-0.4, -0.2) is 37.9 Å². The zero-order chi connectivity index (χ0) is 16.9. The highest BCUT2D eigenvalue weighted by Gasteiger charge is 2.13. The molecule has 6 heteroatoms. The predicted molar refractivity (Wildman–Crippen MR) is 88.1 cm³/mol. The van der Waals surface area contributed by atoms with E-state index in [0.29, 0.717) is 24.9 Å². The van der Waals surface area contributed by atoms with E-state index in [1.165, 1.54) is 0 Å². The Labute approximate surface area is 136 Å². The van der Waals surface area contributed by atoms with E-state index in [4.69, 9.17) is 0 Å². The van der Waals surface area contributed by atoms with Gasteiger partial charge in [-0.25, -0.2) is 0 Å². The highest BCUT2D eigenvalue weighted by molar-refractivity contribution is 5.94. The summed E-state index contributed by atoms with van der Waals surface area (Å²) in [6.07, 6.45) is 3.68. The second-order valence-electron chi connectivity index (χ2n) is 6.38. The van der Waals surface area contributed by atoms with Crippen molar-refractivity contribution in [2.45, 2.75) is 38.7 Å². The first kappa shape index (κ1) is 17.1. The molecule has 0 unspecified atom stereocenters. The molecule has 2 aromatic rings. The molecule has 0 aliphatic heterocycles. The minimum absolute atomic E-state index is 0.0997. The maximum absolute atomic E-state index is 12.2. The summed E-state index contributed by atoms with van der Waals surface area (Å²) in [5, 5.41) is 20.5. The van der Waals surface area contributed by atoms with Gasteiger partial charge in [0.25, 0.3) is 5.91 Å². The summed E-state index contributed by atoms with van der Waals surface area (Å²) < 4.78 is 1.84. The summed E-state index contributed by atoms with van der Waals surface area (Å²) in [7, 11) is 1.88. The average Bonchev–Trinajstić information content (AvgIpc) is 2.90. The Bertz CT molecular complexity index is 659. The van der Waals surface area contributed by atoms with Crippen LogP contribution < -0.4 is 5.32 Å². The Morgan fingerprint density at radius 3 is 2.78 bits per heavy atom. The third-order valence-electron chi connectivity index (χ3n) is 3.65. The number of nitrogens with one attached hydrogen (secondary N) is 1. The minimum Gasteiger partial charge on any atom is -0.390 e. The van der Waals surface area contributed by atoms with E-state index in [0.717, 1.165) is 17.8 Å². The first-order valence-corrected chi connectivity index (χ1v) is 7.77. The second kappa shape index (κ2) is 7.37. The summed E-state index contributed by atoms with van der Waals surface area (Å²) in [6, 6.07) is 7.52. The predicted octanol–water partition coefficient (Wildman–Crippen LogP) is 1.49. The number of rotatable bonds is 7. The normalized spacial score (nSPS) is 11.5. The third-order valence-corrected chi connectivity index (χ3v) is 3.65. The number of nitrogens with zero attached hydrogens (tertiary/aromatic N) is 3. The molecule has 2 rings (SSSR count). The van der Waals surface area contributed by atoms with E-state index in [2.05, 4.69) is 15.5 Å². The van der Waals surface area contributed by atoms with E-state index in [1.54, 1.807) is 26.2 Å². The van der Waals surface area contributed by atoms with Crippen molar-refractivity contribution in [3.8, 4) is 0 Å². The summed E-state index contributed by atoms with van der Waals surface area (Å²) in [5.41, 5.74) is 0.984. The molecule has 0 atom stereocenters. The molecular weight excluding hydrogens is 292 g/mol. The fourth-order valence-electron chi connectivity index (χ4n) is 2.24. The van der Waals surface area contributed by atoms with Crippen LogP contribution in [0.15, 0.2) is 30.6 Å². The third kappa shape index (κ3) is 5.49. The number of aliphatic hydroxyl groups is 1. The van der Waals surface area contributed by atoms with Gasteiger partial charge in [0.2, 0.25) is 0 Å². The van der Waals surface area contributed by atoms with Gasteiger partial charge in [0.05, 0.1) is 5.60 Å². The molecule has 2 N–H and O–H groups in total. The Morgan fingerprint density at radius 2 is 2.13 bits per heavy atom. The van der Waals surface area contributed by atoms with Gasteiger partial charge in [0, 0.05) is 25.6 Å². The molecule has 0 radical (unpaired) electrons. The first-order valence-electron chi connectivity index (χ1n) is 7.77. The Kier molecular flexibility index (Phi) is 5.50. The molecule has 0 saturated heterocycles. The van der Waals surface area contributed by atoms with Crippen LogP contribution in [0.5, 0.6) is 0 Å². The molecule has 0 fully saturated rings. The van der Waals surface area contributed by atoms with E-state index in [1.807, 2.05) is 29.8 Å². The monoisotopic (exact) mass is 316 g/mol.